The summed E-state index contributed by atoms with van der Waals surface area (Å²) in [5.74, 6) is 0.196. The number of halogens is 2. The average molecular weight is 469 g/mol. The van der Waals surface area contributed by atoms with Crippen LogP contribution in [0.1, 0.15) is 65.6 Å². The lowest BCUT2D eigenvalue weighted by molar-refractivity contribution is -0.134. The number of fused-ring (bicyclic) bond motifs is 1. The van der Waals surface area contributed by atoms with E-state index in [1.165, 1.54) is 18.0 Å². The van der Waals surface area contributed by atoms with Crippen LogP contribution < -0.4 is 5.32 Å². The van der Waals surface area contributed by atoms with E-state index >= 15 is 0 Å². The van der Waals surface area contributed by atoms with Crippen LogP contribution in [0.5, 0.6) is 0 Å². The summed E-state index contributed by atoms with van der Waals surface area (Å²) >= 11 is 0. The molecule has 3 heterocycles. The van der Waals surface area contributed by atoms with Gasteiger partial charge >= 0.3 is 0 Å². The van der Waals surface area contributed by atoms with Crippen molar-refractivity contribution in [2.75, 3.05) is 25.5 Å². The van der Waals surface area contributed by atoms with Gasteiger partial charge in [-0.3, -0.25) is 19.5 Å². The number of aromatic nitrogens is 1. The Bertz CT molecular complexity index is 1120. The van der Waals surface area contributed by atoms with Gasteiger partial charge in [0, 0.05) is 50.9 Å². The van der Waals surface area contributed by atoms with E-state index in [0.717, 1.165) is 25.1 Å². The second-order valence-corrected chi connectivity index (χ2v) is 10.1. The molecule has 2 amide bonds. The highest BCUT2D eigenvalue weighted by Gasteiger charge is 2.52. The largest absolute Gasteiger partial charge is 0.346 e. The summed E-state index contributed by atoms with van der Waals surface area (Å²) in [5.41, 5.74) is 2.62. The van der Waals surface area contributed by atoms with Crippen LogP contribution in [0.15, 0.2) is 36.7 Å². The Balaban J connectivity index is 1.32. The quantitative estimate of drug-likeness (QED) is 0.715. The van der Waals surface area contributed by atoms with Gasteiger partial charge in [0.15, 0.2) is 0 Å². The summed E-state index contributed by atoms with van der Waals surface area (Å²) in [6, 6.07) is 7.58. The third-order valence-corrected chi connectivity index (χ3v) is 7.75. The molecule has 1 N–H and O–H groups in total. The lowest BCUT2D eigenvalue weighted by Gasteiger charge is -2.41. The van der Waals surface area contributed by atoms with Gasteiger partial charge in [-0.05, 0) is 60.1 Å². The van der Waals surface area contributed by atoms with E-state index in [9.17, 15) is 18.4 Å². The number of amides is 2. The molecule has 34 heavy (non-hydrogen) atoms. The summed E-state index contributed by atoms with van der Waals surface area (Å²) in [7, 11) is 1.85. The fourth-order valence-corrected chi connectivity index (χ4v) is 5.37. The van der Waals surface area contributed by atoms with Crippen LogP contribution in [0.25, 0.3) is 0 Å². The number of alkyl halides is 2. The first-order valence-corrected chi connectivity index (χ1v) is 11.9. The zero-order valence-electron chi connectivity index (χ0n) is 19.6. The number of hydrogen-bond donors (Lipinski definition) is 1. The van der Waals surface area contributed by atoms with Gasteiger partial charge in [0.1, 0.15) is 0 Å². The molecule has 1 saturated carbocycles. The van der Waals surface area contributed by atoms with E-state index in [1.807, 2.05) is 25.2 Å². The van der Waals surface area contributed by atoms with Crippen LogP contribution in [0, 0.1) is 0 Å². The number of piperidine rings is 1. The van der Waals surface area contributed by atoms with Crippen LogP contribution in [-0.2, 0) is 16.8 Å². The molecule has 1 aliphatic carbocycles. The molecule has 1 aromatic carbocycles. The van der Waals surface area contributed by atoms with Crippen molar-refractivity contribution >= 4 is 17.5 Å². The molecular formula is C26H30F2N4O2. The van der Waals surface area contributed by atoms with E-state index in [2.05, 4.69) is 22.1 Å². The molecule has 2 aromatic rings. The molecular weight excluding hydrogens is 438 g/mol. The smallest absolute Gasteiger partial charge is 0.255 e. The number of anilines is 1. The van der Waals surface area contributed by atoms with Gasteiger partial charge in [-0.1, -0.05) is 13.0 Å². The highest BCUT2D eigenvalue weighted by Crippen LogP contribution is 2.52. The topological polar surface area (TPSA) is 65.5 Å². The normalized spacial score (nSPS) is 24.1. The molecule has 1 saturated heterocycles. The van der Waals surface area contributed by atoms with Gasteiger partial charge in [0.25, 0.3) is 5.91 Å². The van der Waals surface area contributed by atoms with Crippen LogP contribution in [0.4, 0.5) is 14.5 Å². The Morgan fingerprint density at radius 3 is 2.74 bits per heavy atom. The minimum Gasteiger partial charge on any atom is -0.346 e. The van der Waals surface area contributed by atoms with Gasteiger partial charge < -0.3 is 10.2 Å². The fraction of sp³-hybridized carbons (Fsp3) is 0.500. The predicted molar refractivity (Wildman–Crippen MR) is 125 cm³/mol. The van der Waals surface area contributed by atoms with Crippen molar-refractivity contribution in [2.45, 2.75) is 63.0 Å². The van der Waals surface area contributed by atoms with E-state index < -0.39 is 11.8 Å². The summed E-state index contributed by atoms with van der Waals surface area (Å²) in [5, 5.41) is 2.83. The minimum absolute atomic E-state index is 0.179. The van der Waals surface area contributed by atoms with Crippen molar-refractivity contribution in [3.8, 4) is 0 Å². The number of carbonyl (C=O) groups is 2. The van der Waals surface area contributed by atoms with E-state index in [1.54, 1.807) is 11.0 Å². The molecule has 2 fully saturated rings. The highest BCUT2D eigenvalue weighted by molar-refractivity contribution is 6.04. The number of rotatable bonds is 5. The summed E-state index contributed by atoms with van der Waals surface area (Å²) < 4.78 is 27.0. The second kappa shape index (κ2) is 8.73. The van der Waals surface area contributed by atoms with Crippen LogP contribution in [0.3, 0.4) is 0 Å². The Kier molecular flexibility index (Phi) is 5.88. The number of carbonyl (C=O) groups excluding carboxylic acids is 2. The average Bonchev–Trinajstić information content (AvgIpc) is 3.63. The number of likely N-dealkylation sites (tertiary alicyclic amines) is 1. The molecule has 5 rings (SSSR count). The van der Waals surface area contributed by atoms with Gasteiger partial charge in [-0.15, -0.1) is 0 Å². The van der Waals surface area contributed by atoms with Gasteiger partial charge in [0.05, 0.1) is 17.3 Å². The van der Waals surface area contributed by atoms with Crippen molar-refractivity contribution in [2.24, 2.45) is 0 Å². The SMILES string of the molecule is C[C@H]1CN(C2CCN(C)C(=O)C2)Cc2cc(C(=O)Nc3cncc(C4(C(F)F)CC4)c3)ccc21. The maximum Gasteiger partial charge on any atom is 0.255 e. The summed E-state index contributed by atoms with van der Waals surface area (Å²) in [4.78, 5) is 33.5. The first-order chi connectivity index (χ1) is 16.3. The molecule has 1 unspecified atom stereocenters. The molecule has 6 nitrogen and oxygen atoms in total. The van der Waals surface area contributed by atoms with Gasteiger partial charge in [0.2, 0.25) is 12.3 Å². The van der Waals surface area contributed by atoms with Crippen LogP contribution >= 0.6 is 0 Å². The molecule has 0 radical (unpaired) electrons. The predicted octanol–water partition coefficient (Wildman–Crippen LogP) is 4.17. The number of benzene rings is 1. The lowest BCUT2D eigenvalue weighted by atomic mass is 9.87. The van der Waals surface area contributed by atoms with Gasteiger partial charge in [-0.2, -0.15) is 0 Å². The minimum atomic E-state index is -2.44. The third-order valence-electron chi connectivity index (χ3n) is 7.75. The summed E-state index contributed by atoms with van der Waals surface area (Å²) in [6.45, 7) is 4.54. The van der Waals surface area contributed by atoms with Crippen molar-refractivity contribution < 1.29 is 18.4 Å². The van der Waals surface area contributed by atoms with Gasteiger partial charge in [-0.25, -0.2) is 8.78 Å². The van der Waals surface area contributed by atoms with E-state index in [4.69, 9.17) is 0 Å². The van der Waals surface area contributed by atoms with Crippen molar-refractivity contribution in [3.05, 3.63) is 58.9 Å². The maximum atomic E-state index is 13.5. The molecule has 0 bridgehead atoms. The second-order valence-electron chi connectivity index (χ2n) is 10.1. The van der Waals surface area contributed by atoms with Crippen molar-refractivity contribution in [3.63, 3.8) is 0 Å². The molecule has 2 atom stereocenters. The maximum absolute atomic E-state index is 13.5. The number of nitrogens with zero attached hydrogens (tertiary/aromatic N) is 3. The monoisotopic (exact) mass is 468 g/mol. The first kappa shape index (κ1) is 22.9. The lowest BCUT2D eigenvalue weighted by Crippen LogP contribution is -2.48. The molecule has 1 aromatic heterocycles. The third kappa shape index (κ3) is 4.19. The number of nitrogens with one attached hydrogen (secondary N) is 1. The van der Waals surface area contributed by atoms with Crippen molar-refractivity contribution in [1.29, 1.82) is 0 Å². The Labute approximate surface area is 198 Å². The zero-order valence-corrected chi connectivity index (χ0v) is 19.6. The highest BCUT2D eigenvalue weighted by atomic mass is 19.3. The number of hydrogen-bond acceptors (Lipinski definition) is 4. The van der Waals surface area contributed by atoms with Crippen LogP contribution in [-0.4, -0.2) is 59.2 Å². The Hall–Kier alpha value is -2.87. The first-order valence-electron chi connectivity index (χ1n) is 11.9. The standard InChI is InChI=1S/C26H30F2N4O2/c1-16-14-32(21-5-8-31(2)23(33)11-21)15-18-9-17(3-4-22(16)18)24(34)30-20-10-19(12-29-13-20)26(6-7-26)25(27)28/h3-4,9-10,12-13,16,21,25H,5-8,11,14-15H2,1-2H3,(H,30,34)/t16-,21?/m0/s1. The summed E-state index contributed by atoms with van der Waals surface area (Å²) in [6.07, 6.45) is 2.87. The van der Waals surface area contributed by atoms with Crippen molar-refractivity contribution in [1.82, 2.24) is 14.8 Å². The molecule has 8 heteroatoms. The molecule has 0 spiro atoms. The Morgan fingerprint density at radius 2 is 2.03 bits per heavy atom. The molecule has 2 aliphatic heterocycles. The van der Waals surface area contributed by atoms with E-state index in [0.29, 0.717) is 48.5 Å². The zero-order chi connectivity index (χ0) is 24.0. The van der Waals surface area contributed by atoms with Crippen LogP contribution in [0.2, 0.25) is 0 Å². The Morgan fingerprint density at radius 1 is 1.24 bits per heavy atom. The molecule has 180 valence electrons. The molecule has 3 aliphatic rings. The van der Waals surface area contributed by atoms with E-state index in [-0.39, 0.29) is 17.9 Å². The fourth-order valence-electron chi connectivity index (χ4n) is 5.37. The number of pyridine rings is 1.